The molecule has 0 aliphatic carbocycles. The summed E-state index contributed by atoms with van der Waals surface area (Å²) in [4.78, 5) is 24.1. The fourth-order valence-electron chi connectivity index (χ4n) is 1.91. The third kappa shape index (κ3) is 3.15. The van der Waals surface area contributed by atoms with E-state index in [1.165, 1.54) is 17.7 Å². The molecule has 0 unspecified atom stereocenters. The summed E-state index contributed by atoms with van der Waals surface area (Å²) in [5, 5.41) is 21.4. The number of aromatic nitrogens is 4. The summed E-state index contributed by atoms with van der Waals surface area (Å²) >= 11 is 1.39. The summed E-state index contributed by atoms with van der Waals surface area (Å²) in [6, 6.07) is 1.60. The summed E-state index contributed by atoms with van der Waals surface area (Å²) in [7, 11) is 0. The second-order valence-corrected chi connectivity index (χ2v) is 6.11. The van der Waals surface area contributed by atoms with E-state index in [-0.39, 0.29) is 17.3 Å². The molecule has 0 aliphatic rings. The number of hydrogen-bond acceptors (Lipinski definition) is 10. The minimum Gasteiger partial charge on any atom is -0.360 e. The van der Waals surface area contributed by atoms with Crippen LogP contribution in [0.3, 0.4) is 0 Å². The molecule has 10 nitrogen and oxygen atoms in total. The molecule has 2 N–H and O–H groups in total. The zero-order chi connectivity index (χ0) is 17.3. The first-order valence-electron chi connectivity index (χ1n) is 6.85. The number of nitrogens with zero attached hydrogens (tertiary/aromatic N) is 5. The maximum Gasteiger partial charge on any atom is 0.354 e. The summed E-state index contributed by atoms with van der Waals surface area (Å²) in [5.41, 5.74) is 0.555. The van der Waals surface area contributed by atoms with Crippen molar-refractivity contribution in [2.45, 2.75) is 20.8 Å². The lowest BCUT2D eigenvalue weighted by Crippen LogP contribution is -2.05. The minimum atomic E-state index is -0.565. The Morgan fingerprint density at radius 1 is 1.21 bits per heavy atom. The molecule has 11 heteroatoms. The van der Waals surface area contributed by atoms with Gasteiger partial charge in [-0.3, -0.25) is 10.1 Å². The zero-order valence-electron chi connectivity index (χ0n) is 13.0. The van der Waals surface area contributed by atoms with Crippen LogP contribution in [0, 0.1) is 30.9 Å². The highest BCUT2D eigenvalue weighted by atomic mass is 32.1. The van der Waals surface area contributed by atoms with Crippen molar-refractivity contribution in [3.8, 4) is 0 Å². The number of nitrogens with one attached hydrogen (secondary N) is 2. The first kappa shape index (κ1) is 15.8. The molecule has 3 heterocycles. The predicted molar refractivity (Wildman–Crippen MR) is 88.1 cm³/mol. The van der Waals surface area contributed by atoms with Gasteiger partial charge in [-0.15, -0.1) is 11.3 Å². The van der Waals surface area contributed by atoms with Crippen LogP contribution < -0.4 is 10.6 Å². The van der Waals surface area contributed by atoms with Gasteiger partial charge < -0.3 is 15.2 Å². The van der Waals surface area contributed by atoms with Crippen LogP contribution in [0.15, 0.2) is 16.9 Å². The molecule has 0 bridgehead atoms. The zero-order valence-corrected chi connectivity index (χ0v) is 13.8. The third-order valence-corrected chi connectivity index (χ3v) is 4.12. The van der Waals surface area contributed by atoms with Gasteiger partial charge in [0.2, 0.25) is 11.6 Å². The lowest BCUT2D eigenvalue weighted by Gasteiger charge is -2.06. The normalized spacial score (nSPS) is 10.6. The molecule has 0 amide bonds. The van der Waals surface area contributed by atoms with Crippen molar-refractivity contribution < 1.29 is 9.45 Å². The molecule has 3 rings (SSSR count). The van der Waals surface area contributed by atoms with Crippen LogP contribution in [-0.4, -0.2) is 25.0 Å². The van der Waals surface area contributed by atoms with Gasteiger partial charge in [-0.25, -0.2) is 15.0 Å². The van der Waals surface area contributed by atoms with Gasteiger partial charge in [0.05, 0.1) is 10.6 Å². The molecule has 0 spiro atoms. The lowest BCUT2D eigenvalue weighted by molar-refractivity contribution is -0.383. The summed E-state index contributed by atoms with van der Waals surface area (Å²) in [5.74, 6) is 0.949. The topological polar surface area (TPSA) is 132 Å². The van der Waals surface area contributed by atoms with E-state index in [0.717, 1.165) is 10.6 Å². The maximum atomic E-state index is 11.5. The Labute approximate surface area is 140 Å². The average Bonchev–Trinajstić information content (AvgIpc) is 3.05. The van der Waals surface area contributed by atoms with E-state index in [0.29, 0.717) is 16.7 Å². The first-order chi connectivity index (χ1) is 11.4. The fourth-order valence-corrected chi connectivity index (χ4v) is 2.72. The van der Waals surface area contributed by atoms with Crippen molar-refractivity contribution in [1.82, 2.24) is 20.1 Å². The van der Waals surface area contributed by atoms with Crippen LogP contribution in [0.1, 0.15) is 16.3 Å². The van der Waals surface area contributed by atoms with Crippen LogP contribution in [0.4, 0.5) is 28.3 Å². The largest absolute Gasteiger partial charge is 0.360 e. The van der Waals surface area contributed by atoms with Gasteiger partial charge in [0.25, 0.3) is 0 Å². The van der Waals surface area contributed by atoms with Crippen LogP contribution in [0.2, 0.25) is 0 Å². The molecule has 24 heavy (non-hydrogen) atoms. The summed E-state index contributed by atoms with van der Waals surface area (Å²) < 4.78 is 4.93. The van der Waals surface area contributed by atoms with E-state index in [9.17, 15) is 10.1 Å². The standard InChI is InChI=1S/C13H13N7O3S/c1-6-4-9(19-23-6)17-11-10(20(21)22)12(15-5-14-11)18-13-16-7(2)8(3)24-13/h4-5H,1-3H3,(H2,14,15,16,17,18,19). The van der Waals surface area contributed by atoms with E-state index in [4.69, 9.17) is 4.52 Å². The lowest BCUT2D eigenvalue weighted by atomic mass is 10.4. The van der Waals surface area contributed by atoms with Crippen LogP contribution in [0.25, 0.3) is 0 Å². The van der Waals surface area contributed by atoms with Crippen molar-refractivity contribution in [2.24, 2.45) is 0 Å². The molecule has 124 valence electrons. The average molecular weight is 347 g/mol. The number of rotatable bonds is 5. The third-order valence-electron chi connectivity index (χ3n) is 3.13. The molecule has 0 atom stereocenters. The smallest absolute Gasteiger partial charge is 0.354 e. The van der Waals surface area contributed by atoms with Crippen molar-refractivity contribution in [2.75, 3.05) is 10.6 Å². The molecule has 0 saturated heterocycles. The Balaban J connectivity index is 1.97. The maximum absolute atomic E-state index is 11.5. The Hall–Kier alpha value is -3.08. The van der Waals surface area contributed by atoms with Gasteiger partial charge >= 0.3 is 5.69 Å². The van der Waals surface area contributed by atoms with Crippen molar-refractivity contribution >= 4 is 39.6 Å². The molecular weight excluding hydrogens is 334 g/mol. The SMILES string of the molecule is Cc1cc(Nc2ncnc(Nc3nc(C)c(C)s3)c2[N+](=O)[O-])no1. The van der Waals surface area contributed by atoms with Crippen LogP contribution in [0.5, 0.6) is 0 Å². The molecule has 3 aromatic rings. The van der Waals surface area contributed by atoms with Crippen molar-refractivity contribution in [3.05, 3.63) is 38.8 Å². The van der Waals surface area contributed by atoms with Crippen molar-refractivity contribution in [1.29, 1.82) is 0 Å². The fraction of sp³-hybridized carbons (Fsp3) is 0.231. The molecule has 3 aromatic heterocycles. The Kier molecular flexibility index (Phi) is 4.08. The Morgan fingerprint density at radius 3 is 2.46 bits per heavy atom. The van der Waals surface area contributed by atoms with Gasteiger partial charge in [0.1, 0.15) is 12.1 Å². The Bertz CT molecular complexity index is 885. The van der Waals surface area contributed by atoms with Crippen molar-refractivity contribution in [3.63, 3.8) is 0 Å². The number of aryl methyl sites for hydroxylation is 3. The molecule has 0 aliphatic heterocycles. The number of anilines is 4. The highest BCUT2D eigenvalue weighted by molar-refractivity contribution is 7.15. The highest BCUT2D eigenvalue weighted by Gasteiger charge is 2.24. The van der Waals surface area contributed by atoms with Gasteiger partial charge in [-0.1, -0.05) is 5.16 Å². The molecule has 0 fully saturated rings. The number of hydrogen-bond donors (Lipinski definition) is 2. The second kappa shape index (κ2) is 6.20. The number of nitro groups is 1. The molecule has 0 saturated carbocycles. The van der Waals surface area contributed by atoms with E-state index < -0.39 is 4.92 Å². The van der Waals surface area contributed by atoms with Crippen LogP contribution in [-0.2, 0) is 0 Å². The van der Waals surface area contributed by atoms with Gasteiger partial charge in [-0.05, 0) is 20.8 Å². The van der Waals surface area contributed by atoms with Crippen LogP contribution >= 0.6 is 11.3 Å². The summed E-state index contributed by atoms with van der Waals surface area (Å²) in [6.45, 7) is 5.50. The molecule has 0 aromatic carbocycles. The quantitative estimate of drug-likeness (QED) is 0.527. The highest BCUT2D eigenvalue weighted by Crippen LogP contribution is 2.34. The van der Waals surface area contributed by atoms with Gasteiger partial charge in [-0.2, -0.15) is 0 Å². The molecule has 0 radical (unpaired) electrons. The minimum absolute atomic E-state index is 0.0100. The number of thiazole rings is 1. The summed E-state index contributed by atoms with van der Waals surface area (Å²) in [6.07, 6.45) is 1.22. The van der Waals surface area contributed by atoms with E-state index in [1.54, 1.807) is 13.0 Å². The molecular formula is C13H13N7O3S. The second-order valence-electron chi connectivity index (χ2n) is 4.91. The van der Waals surface area contributed by atoms with E-state index >= 15 is 0 Å². The van der Waals surface area contributed by atoms with E-state index in [1.807, 2.05) is 13.8 Å². The first-order valence-corrected chi connectivity index (χ1v) is 7.66. The van der Waals surface area contributed by atoms with E-state index in [2.05, 4.69) is 30.7 Å². The monoisotopic (exact) mass is 347 g/mol. The van der Waals surface area contributed by atoms with Gasteiger partial charge in [0, 0.05) is 10.9 Å². The predicted octanol–water partition coefficient (Wildman–Crippen LogP) is 3.24. The van der Waals surface area contributed by atoms with Gasteiger partial charge in [0.15, 0.2) is 10.9 Å². The Morgan fingerprint density at radius 2 is 1.92 bits per heavy atom.